The lowest BCUT2D eigenvalue weighted by molar-refractivity contribution is -0.137. The first-order chi connectivity index (χ1) is 8.82. The van der Waals surface area contributed by atoms with Crippen LogP contribution in [-0.4, -0.2) is 19.0 Å². The highest BCUT2D eigenvalue weighted by atomic mass is 35.5. The van der Waals surface area contributed by atoms with Gasteiger partial charge in [0.15, 0.2) is 0 Å². The van der Waals surface area contributed by atoms with E-state index < -0.39 is 11.7 Å². The first-order valence-electron chi connectivity index (χ1n) is 5.96. The molecule has 7 heteroatoms. The van der Waals surface area contributed by atoms with E-state index in [4.69, 9.17) is 5.73 Å². The minimum atomic E-state index is -4.35. The van der Waals surface area contributed by atoms with E-state index in [0.29, 0.717) is 18.7 Å². The number of carbonyl (C=O) groups is 1. The maximum atomic E-state index is 12.3. The Hall–Kier alpha value is -1.27. The zero-order valence-electron chi connectivity index (χ0n) is 11.0. The van der Waals surface area contributed by atoms with E-state index >= 15 is 0 Å². The van der Waals surface area contributed by atoms with Gasteiger partial charge >= 0.3 is 6.18 Å². The highest BCUT2D eigenvalue weighted by Gasteiger charge is 2.29. The second-order valence-electron chi connectivity index (χ2n) is 4.52. The molecule has 0 saturated carbocycles. The van der Waals surface area contributed by atoms with Crippen molar-refractivity contribution < 1.29 is 18.0 Å². The van der Waals surface area contributed by atoms with Crippen molar-refractivity contribution >= 4 is 18.3 Å². The number of nitrogens with two attached hydrogens (primary N) is 1. The zero-order valence-corrected chi connectivity index (χ0v) is 11.9. The molecule has 0 aromatic heterocycles. The van der Waals surface area contributed by atoms with Crippen LogP contribution in [0.2, 0.25) is 0 Å². The molecule has 0 spiro atoms. The van der Waals surface area contributed by atoms with Crippen LogP contribution in [0.1, 0.15) is 18.1 Å². The van der Waals surface area contributed by atoms with Gasteiger partial charge in [-0.25, -0.2) is 0 Å². The Labute approximate surface area is 122 Å². The maximum absolute atomic E-state index is 12.3. The van der Waals surface area contributed by atoms with Crippen molar-refractivity contribution in [1.29, 1.82) is 0 Å². The van der Waals surface area contributed by atoms with E-state index in [0.717, 1.165) is 12.1 Å². The van der Waals surface area contributed by atoms with Crippen LogP contribution in [0.3, 0.4) is 0 Å². The number of hydrogen-bond acceptors (Lipinski definition) is 2. The Bertz CT molecular complexity index is 421. The monoisotopic (exact) mass is 310 g/mol. The molecule has 3 N–H and O–H groups in total. The smallest absolute Gasteiger partial charge is 0.356 e. The van der Waals surface area contributed by atoms with Crippen LogP contribution in [0, 0.1) is 5.92 Å². The minimum Gasteiger partial charge on any atom is -0.356 e. The van der Waals surface area contributed by atoms with Gasteiger partial charge in [-0.3, -0.25) is 4.79 Å². The first-order valence-corrected chi connectivity index (χ1v) is 5.96. The third kappa shape index (κ3) is 6.25. The molecule has 1 amide bonds. The number of halogens is 4. The van der Waals surface area contributed by atoms with Gasteiger partial charge in [0.05, 0.1) is 12.0 Å². The average molecular weight is 311 g/mol. The molecular weight excluding hydrogens is 293 g/mol. The Morgan fingerprint density at radius 2 is 1.85 bits per heavy atom. The zero-order chi connectivity index (χ0) is 14.5. The van der Waals surface area contributed by atoms with E-state index in [9.17, 15) is 18.0 Å². The molecule has 0 aliphatic heterocycles. The Morgan fingerprint density at radius 3 is 2.30 bits per heavy atom. The van der Waals surface area contributed by atoms with E-state index in [1.807, 2.05) is 6.92 Å². The molecule has 0 fully saturated rings. The van der Waals surface area contributed by atoms with Crippen molar-refractivity contribution in [2.45, 2.75) is 19.5 Å². The molecule has 1 aromatic rings. The highest BCUT2D eigenvalue weighted by Crippen LogP contribution is 2.29. The minimum absolute atomic E-state index is 0. The van der Waals surface area contributed by atoms with Crippen LogP contribution in [0.25, 0.3) is 0 Å². The number of benzene rings is 1. The van der Waals surface area contributed by atoms with Gasteiger partial charge in [-0.05, 0) is 30.2 Å². The van der Waals surface area contributed by atoms with Gasteiger partial charge in [0, 0.05) is 6.54 Å². The van der Waals surface area contributed by atoms with Gasteiger partial charge in [-0.1, -0.05) is 19.1 Å². The van der Waals surface area contributed by atoms with Crippen molar-refractivity contribution in [2.75, 3.05) is 13.1 Å². The summed E-state index contributed by atoms with van der Waals surface area (Å²) in [5.74, 6) is -0.0448. The van der Waals surface area contributed by atoms with Gasteiger partial charge in [0.1, 0.15) is 0 Å². The van der Waals surface area contributed by atoms with Gasteiger partial charge in [-0.15, -0.1) is 12.4 Å². The largest absolute Gasteiger partial charge is 0.416 e. The predicted molar refractivity (Wildman–Crippen MR) is 73.6 cm³/mol. The van der Waals surface area contributed by atoms with Gasteiger partial charge in [0.25, 0.3) is 0 Å². The second-order valence-corrected chi connectivity index (χ2v) is 4.52. The molecule has 0 heterocycles. The van der Waals surface area contributed by atoms with Crippen LogP contribution in [-0.2, 0) is 17.4 Å². The SMILES string of the molecule is CC(CN)CNC(=O)Cc1ccc(C(F)(F)F)cc1.Cl. The van der Waals surface area contributed by atoms with E-state index in [-0.39, 0.29) is 30.7 Å². The van der Waals surface area contributed by atoms with E-state index in [1.54, 1.807) is 0 Å². The number of rotatable bonds is 5. The van der Waals surface area contributed by atoms with Gasteiger partial charge in [0.2, 0.25) is 5.91 Å². The van der Waals surface area contributed by atoms with Crippen molar-refractivity contribution in [3.05, 3.63) is 35.4 Å². The Kier molecular flexibility index (Phi) is 7.60. The molecule has 0 aliphatic rings. The second kappa shape index (κ2) is 8.11. The molecule has 0 saturated heterocycles. The highest BCUT2D eigenvalue weighted by molar-refractivity contribution is 5.85. The quantitative estimate of drug-likeness (QED) is 0.877. The molecule has 1 unspecified atom stereocenters. The standard InChI is InChI=1S/C13H17F3N2O.ClH/c1-9(7-17)8-18-12(19)6-10-2-4-11(5-3-10)13(14,15)16;/h2-5,9H,6-8,17H2,1H3,(H,18,19);1H. The third-order valence-electron chi connectivity index (χ3n) is 2.70. The summed E-state index contributed by atoms with van der Waals surface area (Å²) in [6.07, 6.45) is -4.28. The predicted octanol–water partition coefficient (Wildman–Crippen LogP) is 2.38. The van der Waals surface area contributed by atoms with Crippen molar-refractivity contribution in [3.63, 3.8) is 0 Å². The van der Waals surface area contributed by atoms with Crippen molar-refractivity contribution in [2.24, 2.45) is 11.7 Å². The molecular formula is C13H18ClF3N2O. The molecule has 1 rings (SSSR count). The number of hydrogen-bond donors (Lipinski definition) is 2. The maximum Gasteiger partial charge on any atom is 0.416 e. The summed E-state index contributed by atoms with van der Waals surface area (Å²) >= 11 is 0. The van der Waals surface area contributed by atoms with Gasteiger partial charge < -0.3 is 11.1 Å². The summed E-state index contributed by atoms with van der Waals surface area (Å²) in [5.41, 5.74) is 5.24. The third-order valence-corrected chi connectivity index (χ3v) is 2.70. The Morgan fingerprint density at radius 1 is 1.30 bits per heavy atom. The fourth-order valence-corrected chi connectivity index (χ4v) is 1.43. The van der Waals surface area contributed by atoms with E-state index in [2.05, 4.69) is 5.32 Å². The number of alkyl halides is 3. The molecule has 1 aromatic carbocycles. The number of carbonyl (C=O) groups excluding carboxylic acids is 1. The normalized spacial score (nSPS) is 12.4. The average Bonchev–Trinajstić information content (AvgIpc) is 2.35. The van der Waals surface area contributed by atoms with Crippen LogP contribution in [0.5, 0.6) is 0 Å². The lowest BCUT2D eigenvalue weighted by atomic mass is 10.1. The number of nitrogens with one attached hydrogen (secondary N) is 1. The Balaban J connectivity index is 0.00000361. The lowest BCUT2D eigenvalue weighted by Gasteiger charge is -2.10. The lowest BCUT2D eigenvalue weighted by Crippen LogP contribution is -2.32. The summed E-state index contributed by atoms with van der Waals surface area (Å²) in [6.45, 7) is 2.84. The molecule has 1 atom stereocenters. The fourth-order valence-electron chi connectivity index (χ4n) is 1.43. The summed E-state index contributed by atoms with van der Waals surface area (Å²) in [6, 6.07) is 4.58. The van der Waals surface area contributed by atoms with Crippen LogP contribution < -0.4 is 11.1 Å². The summed E-state index contributed by atoms with van der Waals surface area (Å²) in [7, 11) is 0. The molecule has 20 heavy (non-hydrogen) atoms. The first kappa shape index (κ1) is 18.7. The van der Waals surface area contributed by atoms with E-state index in [1.165, 1.54) is 12.1 Å². The fraction of sp³-hybridized carbons (Fsp3) is 0.462. The molecule has 0 radical (unpaired) electrons. The molecule has 0 bridgehead atoms. The molecule has 114 valence electrons. The molecule has 0 aliphatic carbocycles. The topological polar surface area (TPSA) is 55.1 Å². The van der Waals surface area contributed by atoms with Crippen LogP contribution in [0.4, 0.5) is 13.2 Å². The summed E-state index contributed by atoms with van der Waals surface area (Å²) in [4.78, 5) is 11.5. The summed E-state index contributed by atoms with van der Waals surface area (Å²) < 4.78 is 37.0. The summed E-state index contributed by atoms with van der Waals surface area (Å²) in [5, 5.41) is 2.69. The van der Waals surface area contributed by atoms with Crippen LogP contribution in [0.15, 0.2) is 24.3 Å². The molecule has 3 nitrogen and oxygen atoms in total. The van der Waals surface area contributed by atoms with Gasteiger partial charge in [-0.2, -0.15) is 13.2 Å². The van der Waals surface area contributed by atoms with Crippen molar-refractivity contribution in [1.82, 2.24) is 5.32 Å². The number of amides is 1. The van der Waals surface area contributed by atoms with Crippen molar-refractivity contribution in [3.8, 4) is 0 Å². The van der Waals surface area contributed by atoms with Crippen LogP contribution >= 0.6 is 12.4 Å².